The van der Waals surface area contributed by atoms with Crippen LogP contribution in [0.4, 0.5) is 0 Å². The minimum absolute atomic E-state index is 0.203. The van der Waals surface area contributed by atoms with E-state index in [0.29, 0.717) is 16.5 Å². The average Bonchev–Trinajstić information content (AvgIpc) is 2.80. The molecule has 2 heterocycles. The lowest BCUT2D eigenvalue weighted by atomic mass is 10.3. The van der Waals surface area contributed by atoms with Crippen LogP contribution in [0, 0.1) is 0 Å². The Morgan fingerprint density at radius 3 is 2.81 bits per heavy atom. The molecule has 0 aliphatic rings. The number of nitrogens with two attached hydrogens (primary N) is 1. The summed E-state index contributed by atoms with van der Waals surface area (Å²) in [4.78, 5) is 10.6. The molecule has 6 heteroatoms. The van der Waals surface area contributed by atoms with Gasteiger partial charge >= 0.3 is 0 Å². The molecule has 2 aromatic rings. The molecular weight excluding hydrogens is 226 g/mol. The summed E-state index contributed by atoms with van der Waals surface area (Å²) in [5.74, 6) is 0.496. The number of hydrogen-bond donors (Lipinski definition) is 1. The lowest BCUT2D eigenvalue weighted by Crippen LogP contribution is -2.13. The molecule has 1 amide bonds. The van der Waals surface area contributed by atoms with Crippen LogP contribution in [0.2, 0.25) is 0 Å². The molecule has 0 saturated heterocycles. The molecule has 0 saturated carbocycles. The molecule has 0 atom stereocenters. The van der Waals surface area contributed by atoms with E-state index in [4.69, 9.17) is 10.2 Å². The average molecular weight is 235 g/mol. The summed E-state index contributed by atoms with van der Waals surface area (Å²) in [5.41, 5.74) is 5.68. The molecule has 2 N–H and O–H groups in total. The van der Waals surface area contributed by atoms with E-state index in [1.165, 1.54) is 11.8 Å². The number of hydrogen-bond acceptors (Lipinski definition) is 5. The molecule has 0 unspecified atom stereocenters. The number of carbonyl (C=O) groups is 1. The van der Waals surface area contributed by atoms with Gasteiger partial charge in [-0.3, -0.25) is 4.79 Å². The Labute approximate surface area is 96.0 Å². The number of carbonyl (C=O) groups excluding carboxylic acids is 1. The minimum atomic E-state index is -0.373. The predicted molar refractivity (Wildman–Crippen MR) is 59.7 cm³/mol. The molecule has 0 spiro atoms. The number of nitrogens with zero attached hydrogens (tertiary/aromatic N) is 2. The van der Waals surface area contributed by atoms with Crippen molar-refractivity contribution < 1.29 is 9.21 Å². The first-order valence-corrected chi connectivity index (χ1v) is 5.53. The van der Waals surface area contributed by atoms with Gasteiger partial charge in [-0.15, -0.1) is 10.2 Å². The van der Waals surface area contributed by atoms with Gasteiger partial charge in [-0.25, -0.2) is 0 Å². The van der Waals surface area contributed by atoms with Crippen molar-refractivity contribution in [1.29, 1.82) is 0 Å². The number of aromatic nitrogens is 2. The van der Waals surface area contributed by atoms with E-state index in [-0.39, 0.29) is 11.7 Å². The molecule has 2 rings (SSSR count). The number of furan rings is 1. The van der Waals surface area contributed by atoms with Gasteiger partial charge in [0.05, 0.1) is 12.0 Å². The van der Waals surface area contributed by atoms with E-state index >= 15 is 0 Å². The van der Waals surface area contributed by atoms with E-state index in [2.05, 4.69) is 10.2 Å². The van der Waals surface area contributed by atoms with Crippen LogP contribution in [-0.4, -0.2) is 21.9 Å². The lowest BCUT2D eigenvalue weighted by Gasteiger charge is -1.98. The van der Waals surface area contributed by atoms with Crippen LogP contribution in [-0.2, 0) is 4.79 Å². The highest BCUT2D eigenvalue weighted by atomic mass is 32.2. The summed E-state index contributed by atoms with van der Waals surface area (Å²) in [6, 6.07) is 7.15. The van der Waals surface area contributed by atoms with E-state index in [0.717, 1.165) is 0 Å². The largest absolute Gasteiger partial charge is 0.463 e. The summed E-state index contributed by atoms with van der Waals surface area (Å²) >= 11 is 1.26. The van der Waals surface area contributed by atoms with Gasteiger partial charge in [0.15, 0.2) is 5.76 Å². The summed E-state index contributed by atoms with van der Waals surface area (Å²) in [6.07, 6.45) is 1.58. The van der Waals surface area contributed by atoms with Crippen LogP contribution in [0.15, 0.2) is 40.0 Å². The number of primary amides is 1. The second kappa shape index (κ2) is 4.80. The third kappa shape index (κ3) is 2.60. The normalized spacial score (nSPS) is 10.2. The van der Waals surface area contributed by atoms with Gasteiger partial charge in [0.25, 0.3) is 0 Å². The maximum atomic E-state index is 10.6. The van der Waals surface area contributed by atoms with Gasteiger partial charge in [0, 0.05) is 0 Å². The van der Waals surface area contributed by atoms with E-state index in [1.54, 1.807) is 30.5 Å². The van der Waals surface area contributed by atoms with Crippen molar-refractivity contribution in [3.05, 3.63) is 30.5 Å². The van der Waals surface area contributed by atoms with Crippen molar-refractivity contribution in [1.82, 2.24) is 10.2 Å². The fourth-order valence-electron chi connectivity index (χ4n) is 1.10. The molecule has 0 aliphatic heterocycles. The Bertz CT molecular complexity index is 467. The highest BCUT2D eigenvalue weighted by molar-refractivity contribution is 7.99. The Morgan fingerprint density at radius 2 is 2.25 bits per heavy atom. The van der Waals surface area contributed by atoms with E-state index in [1.807, 2.05) is 0 Å². The molecule has 2 aromatic heterocycles. The molecule has 0 bridgehead atoms. The Kier molecular flexibility index (Phi) is 3.21. The first-order valence-electron chi connectivity index (χ1n) is 4.54. The van der Waals surface area contributed by atoms with Crippen molar-refractivity contribution in [2.45, 2.75) is 5.03 Å². The first-order chi connectivity index (χ1) is 7.75. The maximum absolute atomic E-state index is 10.6. The van der Waals surface area contributed by atoms with Gasteiger partial charge in [-0.2, -0.15) is 0 Å². The van der Waals surface area contributed by atoms with Crippen LogP contribution in [0.25, 0.3) is 11.5 Å². The van der Waals surface area contributed by atoms with Gasteiger partial charge in [0.1, 0.15) is 10.7 Å². The number of thioether (sulfide) groups is 1. The van der Waals surface area contributed by atoms with Gasteiger partial charge in [-0.05, 0) is 24.3 Å². The molecular formula is C10H9N3O2S. The van der Waals surface area contributed by atoms with Crippen molar-refractivity contribution in [2.75, 3.05) is 5.75 Å². The smallest absolute Gasteiger partial charge is 0.227 e. The second-order valence-corrected chi connectivity index (χ2v) is 3.98. The third-order valence-electron chi connectivity index (χ3n) is 1.78. The summed E-state index contributed by atoms with van der Waals surface area (Å²) in [6.45, 7) is 0. The van der Waals surface area contributed by atoms with Crippen LogP contribution >= 0.6 is 11.8 Å². The van der Waals surface area contributed by atoms with E-state index < -0.39 is 0 Å². The molecule has 0 radical (unpaired) electrons. The molecule has 0 fully saturated rings. The quantitative estimate of drug-likeness (QED) is 0.808. The van der Waals surface area contributed by atoms with Crippen LogP contribution in [0.5, 0.6) is 0 Å². The van der Waals surface area contributed by atoms with Crippen molar-refractivity contribution in [2.24, 2.45) is 5.73 Å². The first kappa shape index (κ1) is 10.7. The van der Waals surface area contributed by atoms with Crippen LogP contribution in [0.1, 0.15) is 0 Å². The third-order valence-corrected chi connectivity index (χ3v) is 2.72. The molecule has 82 valence electrons. The fourth-order valence-corrected chi connectivity index (χ4v) is 1.65. The monoisotopic (exact) mass is 235 g/mol. The summed E-state index contributed by atoms with van der Waals surface area (Å²) in [5, 5.41) is 8.60. The fraction of sp³-hybridized carbons (Fsp3) is 0.100. The second-order valence-electron chi connectivity index (χ2n) is 2.99. The highest BCUT2D eigenvalue weighted by Crippen LogP contribution is 2.19. The molecule has 5 nitrogen and oxygen atoms in total. The van der Waals surface area contributed by atoms with Gasteiger partial charge in [-0.1, -0.05) is 11.8 Å². The predicted octanol–water partition coefficient (Wildman–Crippen LogP) is 1.31. The van der Waals surface area contributed by atoms with Gasteiger partial charge < -0.3 is 10.2 Å². The van der Waals surface area contributed by atoms with E-state index in [9.17, 15) is 4.79 Å². The Balaban J connectivity index is 2.08. The Hall–Kier alpha value is -1.82. The Morgan fingerprint density at radius 1 is 1.38 bits per heavy atom. The van der Waals surface area contributed by atoms with Gasteiger partial charge in [0.2, 0.25) is 5.91 Å². The standard InChI is InChI=1S/C10H9N3O2S/c11-9(14)6-16-10-4-3-7(12-13-10)8-2-1-5-15-8/h1-5H,6H2,(H2,11,14). The van der Waals surface area contributed by atoms with Crippen molar-refractivity contribution in [3.63, 3.8) is 0 Å². The van der Waals surface area contributed by atoms with Crippen LogP contribution in [0.3, 0.4) is 0 Å². The highest BCUT2D eigenvalue weighted by Gasteiger charge is 2.04. The zero-order valence-electron chi connectivity index (χ0n) is 8.29. The van der Waals surface area contributed by atoms with Crippen molar-refractivity contribution in [3.8, 4) is 11.5 Å². The number of rotatable bonds is 4. The summed E-state index contributed by atoms with van der Waals surface area (Å²) < 4.78 is 5.17. The SMILES string of the molecule is NC(=O)CSc1ccc(-c2ccco2)nn1. The minimum Gasteiger partial charge on any atom is -0.463 e. The zero-order valence-corrected chi connectivity index (χ0v) is 9.11. The summed E-state index contributed by atoms with van der Waals surface area (Å²) in [7, 11) is 0. The molecule has 0 aliphatic carbocycles. The maximum Gasteiger partial charge on any atom is 0.227 e. The topological polar surface area (TPSA) is 82.0 Å². The molecule has 16 heavy (non-hydrogen) atoms. The van der Waals surface area contributed by atoms with Crippen molar-refractivity contribution >= 4 is 17.7 Å². The molecule has 0 aromatic carbocycles. The zero-order chi connectivity index (χ0) is 11.4. The number of amides is 1. The lowest BCUT2D eigenvalue weighted by molar-refractivity contribution is -0.115. The van der Waals surface area contributed by atoms with Crippen LogP contribution < -0.4 is 5.73 Å².